The molecule has 0 aliphatic rings. The molecule has 1 heterocycles. The van der Waals surface area contributed by atoms with E-state index in [4.69, 9.17) is 14.2 Å². The second kappa shape index (κ2) is 12.3. The lowest BCUT2D eigenvalue weighted by Gasteiger charge is -2.14. The second-order valence-corrected chi connectivity index (χ2v) is 11.0. The molecule has 0 aliphatic carbocycles. The van der Waals surface area contributed by atoms with Gasteiger partial charge in [-0.25, -0.2) is 8.42 Å². The fourth-order valence-corrected chi connectivity index (χ4v) is 4.56. The number of nitrogens with zero attached hydrogens (tertiary/aromatic N) is 3. The topological polar surface area (TPSA) is 140 Å². The van der Waals surface area contributed by atoms with Gasteiger partial charge in [0.1, 0.15) is 30.6 Å². The zero-order valence-corrected chi connectivity index (χ0v) is 22.4. The maximum Gasteiger partial charge on any atom is 0.268 e. The maximum atomic E-state index is 12.5. The number of hydrogen-bond donors (Lipinski definition) is 1. The van der Waals surface area contributed by atoms with Crippen LogP contribution in [-0.2, 0) is 14.6 Å². The van der Waals surface area contributed by atoms with Crippen molar-refractivity contribution in [1.29, 1.82) is 5.26 Å². The molecule has 0 radical (unpaired) electrons. The number of rotatable bonds is 11. The third-order valence-corrected chi connectivity index (χ3v) is 7.34. The number of nitriles is 1. The lowest BCUT2D eigenvalue weighted by Crippen LogP contribution is -2.13. The van der Waals surface area contributed by atoms with E-state index in [2.05, 4.69) is 15.5 Å². The summed E-state index contributed by atoms with van der Waals surface area (Å²) in [5.74, 6) is 0.995. The van der Waals surface area contributed by atoms with E-state index in [9.17, 15) is 18.5 Å². The van der Waals surface area contributed by atoms with Gasteiger partial charge in [-0.3, -0.25) is 10.1 Å². The first kappa shape index (κ1) is 27.6. The van der Waals surface area contributed by atoms with Gasteiger partial charge in [0, 0.05) is 6.26 Å². The zero-order valence-electron chi connectivity index (χ0n) is 20.8. The summed E-state index contributed by atoms with van der Waals surface area (Å²) in [7, 11) is -3.55. The van der Waals surface area contributed by atoms with Crippen LogP contribution in [0.3, 0.4) is 0 Å². The summed E-state index contributed by atoms with van der Waals surface area (Å²) in [6.45, 7) is 6.81. The van der Waals surface area contributed by atoms with E-state index in [0.29, 0.717) is 41.6 Å². The van der Waals surface area contributed by atoms with Crippen molar-refractivity contribution in [2.24, 2.45) is 0 Å². The van der Waals surface area contributed by atoms with Crippen LogP contribution in [0.5, 0.6) is 17.2 Å². The third-order valence-electron chi connectivity index (χ3n) is 4.83. The first-order valence-electron chi connectivity index (χ1n) is 11.2. The highest BCUT2D eigenvalue weighted by Crippen LogP contribution is 2.30. The lowest BCUT2D eigenvalue weighted by atomic mass is 10.1. The summed E-state index contributed by atoms with van der Waals surface area (Å²) < 4.78 is 40.2. The zero-order chi connectivity index (χ0) is 27.0. The Hall–Kier alpha value is -3.95. The average Bonchev–Trinajstić information content (AvgIpc) is 3.32. The van der Waals surface area contributed by atoms with Crippen molar-refractivity contribution in [1.82, 2.24) is 10.2 Å². The number of aryl methyl sites for hydroxylation is 2. The van der Waals surface area contributed by atoms with Crippen molar-refractivity contribution in [2.75, 3.05) is 31.4 Å². The molecule has 0 atom stereocenters. The van der Waals surface area contributed by atoms with Crippen molar-refractivity contribution >= 4 is 38.3 Å². The first-order chi connectivity index (χ1) is 17.6. The normalized spacial score (nSPS) is 11.5. The molecule has 10 nitrogen and oxygen atoms in total. The van der Waals surface area contributed by atoms with Gasteiger partial charge in [0.05, 0.1) is 6.61 Å². The van der Waals surface area contributed by atoms with Gasteiger partial charge in [-0.05, 0) is 61.7 Å². The summed E-state index contributed by atoms with van der Waals surface area (Å²) in [5.41, 5.74) is 2.46. The van der Waals surface area contributed by atoms with Crippen LogP contribution in [0.25, 0.3) is 6.08 Å². The quantitative estimate of drug-likeness (QED) is 0.165. The minimum Gasteiger partial charge on any atom is -0.490 e. The van der Waals surface area contributed by atoms with Crippen LogP contribution in [0.2, 0.25) is 0 Å². The number of benzene rings is 2. The first-order valence-corrected chi connectivity index (χ1v) is 13.9. The molecule has 0 saturated heterocycles. The summed E-state index contributed by atoms with van der Waals surface area (Å²) in [6.07, 6.45) is 2.37. The Morgan fingerprint density at radius 1 is 1.05 bits per heavy atom. The molecule has 2 aromatic carbocycles. The largest absolute Gasteiger partial charge is 0.490 e. The van der Waals surface area contributed by atoms with E-state index in [1.165, 1.54) is 6.08 Å². The Balaban J connectivity index is 1.68. The Bertz CT molecular complexity index is 1460. The number of ether oxygens (including phenoxy) is 3. The SMILES string of the molecule is CCOc1cc(/C=C(/C#N)C(=O)Nc2nnc(S(C)(=O)=O)s2)ccc1OCCOc1cc(C)ccc1C. The van der Waals surface area contributed by atoms with Gasteiger partial charge in [0.2, 0.25) is 19.3 Å². The van der Waals surface area contributed by atoms with Gasteiger partial charge in [-0.2, -0.15) is 5.26 Å². The Morgan fingerprint density at radius 2 is 1.78 bits per heavy atom. The molecule has 12 heteroatoms. The van der Waals surface area contributed by atoms with Crippen LogP contribution in [-0.4, -0.2) is 50.6 Å². The number of amides is 1. The number of carbonyl (C=O) groups excluding carboxylic acids is 1. The molecule has 1 aromatic heterocycles. The molecule has 0 bridgehead atoms. The molecule has 0 saturated carbocycles. The number of anilines is 1. The third kappa shape index (κ3) is 7.77. The number of sulfone groups is 1. The minimum absolute atomic E-state index is 0.0339. The van der Waals surface area contributed by atoms with Crippen LogP contribution in [0.15, 0.2) is 46.3 Å². The van der Waals surface area contributed by atoms with E-state index in [0.717, 1.165) is 23.1 Å². The summed E-state index contributed by atoms with van der Waals surface area (Å²) in [4.78, 5) is 12.5. The Labute approximate surface area is 219 Å². The number of nitrogens with one attached hydrogen (secondary N) is 1. The average molecular weight is 543 g/mol. The molecule has 3 rings (SSSR count). The van der Waals surface area contributed by atoms with Gasteiger partial charge in [-0.15, -0.1) is 10.2 Å². The molecule has 0 spiro atoms. The second-order valence-electron chi connectivity index (χ2n) is 7.87. The van der Waals surface area contributed by atoms with Gasteiger partial charge in [-0.1, -0.05) is 29.5 Å². The van der Waals surface area contributed by atoms with Crippen LogP contribution < -0.4 is 19.5 Å². The predicted molar refractivity (Wildman–Crippen MR) is 140 cm³/mol. The van der Waals surface area contributed by atoms with E-state index in [1.807, 2.05) is 45.0 Å². The number of carbonyl (C=O) groups is 1. The molecule has 1 amide bonds. The molecule has 37 heavy (non-hydrogen) atoms. The van der Waals surface area contributed by atoms with E-state index in [-0.39, 0.29) is 21.7 Å². The highest BCUT2D eigenvalue weighted by Gasteiger charge is 2.18. The van der Waals surface area contributed by atoms with Crippen LogP contribution in [0.1, 0.15) is 23.6 Å². The van der Waals surface area contributed by atoms with Crippen molar-refractivity contribution < 1.29 is 27.4 Å². The van der Waals surface area contributed by atoms with E-state index < -0.39 is 15.7 Å². The minimum atomic E-state index is -3.55. The van der Waals surface area contributed by atoms with Crippen LogP contribution in [0.4, 0.5) is 5.13 Å². The van der Waals surface area contributed by atoms with Gasteiger partial charge < -0.3 is 14.2 Å². The summed E-state index contributed by atoms with van der Waals surface area (Å²) >= 11 is 0.697. The van der Waals surface area contributed by atoms with Crippen LogP contribution >= 0.6 is 11.3 Å². The van der Waals surface area contributed by atoms with Crippen molar-refractivity contribution in [3.63, 3.8) is 0 Å². The maximum absolute atomic E-state index is 12.5. The molecular formula is C25H26N4O6S2. The fraction of sp³-hybridized carbons (Fsp3) is 0.280. The standard InChI is InChI=1S/C25H26N4O6S2/c1-5-33-22-14-18(8-9-20(22)34-10-11-35-21-12-16(2)6-7-17(21)3)13-19(15-26)23(30)27-24-28-29-25(36-24)37(4,31)32/h6-9,12-14H,5,10-11H2,1-4H3,(H,27,28,30)/b19-13-. The highest BCUT2D eigenvalue weighted by molar-refractivity contribution is 7.92. The van der Waals surface area contributed by atoms with Crippen molar-refractivity contribution in [2.45, 2.75) is 25.1 Å². The van der Waals surface area contributed by atoms with Crippen molar-refractivity contribution in [3.05, 3.63) is 58.7 Å². The van der Waals surface area contributed by atoms with Gasteiger partial charge in [0.25, 0.3) is 5.91 Å². The fourth-order valence-electron chi connectivity index (χ4n) is 3.06. The highest BCUT2D eigenvalue weighted by atomic mass is 32.2. The summed E-state index contributed by atoms with van der Waals surface area (Å²) in [6, 6.07) is 12.9. The number of aromatic nitrogens is 2. The smallest absolute Gasteiger partial charge is 0.268 e. The van der Waals surface area contributed by atoms with Gasteiger partial charge >= 0.3 is 0 Å². The molecule has 1 N–H and O–H groups in total. The molecular weight excluding hydrogens is 516 g/mol. The lowest BCUT2D eigenvalue weighted by molar-refractivity contribution is -0.112. The Morgan fingerprint density at radius 3 is 2.43 bits per heavy atom. The predicted octanol–water partition coefficient (Wildman–Crippen LogP) is 3.96. The Kier molecular flexibility index (Phi) is 9.21. The van der Waals surface area contributed by atoms with E-state index >= 15 is 0 Å². The van der Waals surface area contributed by atoms with Crippen molar-refractivity contribution in [3.8, 4) is 23.3 Å². The molecule has 0 fully saturated rings. The van der Waals surface area contributed by atoms with E-state index in [1.54, 1.807) is 18.2 Å². The summed E-state index contributed by atoms with van der Waals surface area (Å²) in [5, 5.41) is 19.0. The molecule has 0 unspecified atom stereocenters. The molecule has 194 valence electrons. The van der Waals surface area contributed by atoms with Gasteiger partial charge in [0.15, 0.2) is 11.5 Å². The molecule has 0 aliphatic heterocycles. The molecule has 3 aromatic rings. The monoisotopic (exact) mass is 542 g/mol. The number of hydrogen-bond acceptors (Lipinski definition) is 10. The van der Waals surface area contributed by atoms with Crippen LogP contribution in [0, 0.1) is 25.2 Å².